The molecule has 1 aromatic rings. The van der Waals surface area contributed by atoms with E-state index in [-0.39, 0.29) is 12.5 Å². The largest absolute Gasteiger partial charge is 0.481 e. The topological polar surface area (TPSA) is 46.5 Å². The summed E-state index contributed by atoms with van der Waals surface area (Å²) >= 11 is 0. The number of aryl methyl sites for hydroxylation is 1. The van der Waals surface area contributed by atoms with E-state index in [0.717, 1.165) is 19.3 Å². The van der Waals surface area contributed by atoms with Gasteiger partial charge in [0.15, 0.2) is 0 Å². The van der Waals surface area contributed by atoms with Gasteiger partial charge in [-0.15, -0.1) is 0 Å². The number of carbonyl (C=O) groups is 1. The summed E-state index contributed by atoms with van der Waals surface area (Å²) in [4.78, 5) is 11.1. The monoisotopic (exact) mass is 378 g/mol. The van der Waals surface area contributed by atoms with Crippen LogP contribution < -0.4 is 0 Å². The quantitative estimate of drug-likeness (QED) is 0.426. The molecule has 0 radical (unpaired) electrons. The molecular weight excluding hydrogens is 340 g/mol. The van der Waals surface area contributed by atoms with Crippen molar-refractivity contribution in [3.05, 3.63) is 35.9 Å². The minimum Gasteiger partial charge on any atom is -0.481 e. The molecule has 0 aliphatic rings. The summed E-state index contributed by atoms with van der Waals surface area (Å²) in [5.74, 6) is -0.729. The van der Waals surface area contributed by atoms with Crippen LogP contribution in [0.1, 0.15) is 72.8 Å². The first-order chi connectivity index (χ1) is 12.2. The Morgan fingerprint density at radius 1 is 0.962 bits per heavy atom. The van der Waals surface area contributed by atoms with E-state index in [1.54, 1.807) is 0 Å². The average Bonchev–Trinajstić information content (AvgIpc) is 2.56. The zero-order valence-electron chi connectivity index (χ0n) is 17.5. The number of hydrogen-bond donors (Lipinski definition) is 1. The molecule has 4 heteroatoms. The smallest absolute Gasteiger partial charge is 0.303 e. The molecule has 0 spiro atoms. The van der Waals surface area contributed by atoms with Gasteiger partial charge in [0.05, 0.1) is 0 Å². The van der Waals surface area contributed by atoms with Gasteiger partial charge in [-0.1, -0.05) is 71.9 Å². The molecule has 148 valence electrons. The van der Waals surface area contributed by atoms with Crippen LogP contribution in [0.4, 0.5) is 0 Å². The Kier molecular flexibility index (Phi) is 9.59. The Morgan fingerprint density at radius 3 is 1.96 bits per heavy atom. The molecule has 1 unspecified atom stereocenters. The second kappa shape index (κ2) is 10.9. The Labute approximate surface area is 161 Å². The molecule has 0 saturated heterocycles. The second-order valence-electron chi connectivity index (χ2n) is 8.37. The van der Waals surface area contributed by atoms with Gasteiger partial charge in [-0.2, -0.15) is 0 Å². The molecule has 26 heavy (non-hydrogen) atoms. The Hall–Kier alpha value is -1.13. The fourth-order valence-electron chi connectivity index (χ4n) is 4.42. The molecule has 0 aliphatic heterocycles. The average molecular weight is 379 g/mol. The summed E-state index contributed by atoms with van der Waals surface area (Å²) in [7, 11) is -1.98. The zero-order valence-corrected chi connectivity index (χ0v) is 18.5. The maximum atomic E-state index is 11.1. The molecule has 3 nitrogen and oxygen atoms in total. The van der Waals surface area contributed by atoms with Crippen molar-refractivity contribution in [1.29, 1.82) is 0 Å². The number of carboxylic acids is 1. The summed E-state index contributed by atoms with van der Waals surface area (Å²) < 4.78 is 6.89. The van der Waals surface area contributed by atoms with Gasteiger partial charge in [-0.3, -0.25) is 4.79 Å². The third-order valence-corrected chi connectivity index (χ3v) is 11.7. The third-order valence-electron chi connectivity index (χ3n) is 5.59. The van der Waals surface area contributed by atoms with Crippen LogP contribution in [0.2, 0.25) is 16.6 Å². The van der Waals surface area contributed by atoms with Crippen molar-refractivity contribution in [3.8, 4) is 0 Å². The van der Waals surface area contributed by atoms with Gasteiger partial charge in [0.1, 0.15) is 0 Å². The molecule has 0 heterocycles. The van der Waals surface area contributed by atoms with Crippen LogP contribution in [-0.2, 0) is 15.6 Å². The van der Waals surface area contributed by atoms with E-state index in [0.29, 0.717) is 23.0 Å². The highest BCUT2D eigenvalue weighted by atomic mass is 28.4. The van der Waals surface area contributed by atoms with Crippen LogP contribution in [0.25, 0.3) is 0 Å². The van der Waals surface area contributed by atoms with Crippen molar-refractivity contribution < 1.29 is 14.3 Å². The van der Waals surface area contributed by atoms with Crippen molar-refractivity contribution in [2.24, 2.45) is 0 Å². The molecule has 0 aliphatic carbocycles. The molecule has 1 rings (SSSR count). The van der Waals surface area contributed by atoms with Crippen LogP contribution in [0.5, 0.6) is 0 Å². The SMILES string of the molecule is CC(C)[Si](OC(CCCc1ccccc1)CCC(=O)O)(C(C)C)C(C)C. The van der Waals surface area contributed by atoms with Crippen molar-refractivity contribution in [2.75, 3.05) is 0 Å². The minimum absolute atomic E-state index is 0.0497. The van der Waals surface area contributed by atoms with Gasteiger partial charge in [0, 0.05) is 12.5 Å². The van der Waals surface area contributed by atoms with Gasteiger partial charge >= 0.3 is 5.97 Å². The lowest BCUT2D eigenvalue weighted by Gasteiger charge is -2.44. The first-order valence-electron chi connectivity index (χ1n) is 10.1. The van der Waals surface area contributed by atoms with Gasteiger partial charge < -0.3 is 9.53 Å². The molecule has 0 aromatic heterocycles. The zero-order chi connectivity index (χ0) is 19.7. The molecule has 1 N–H and O–H groups in total. The normalized spacial score (nSPS) is 13.6. The first kappa shape index (κ1) is 22.9. The highest BCUT2D eigenvalue weighted by molar-refractivity contribution is 6.77. The van der Waals surface area contributed by atoms with Crippen LogP contribution in [0, 0.1) is 0 Å². The maximum absolute atomic E-state index is 11.1. The van der Waals surface area contributed by atoms with Gasteiger partial charge in [-0.05, 0) is 47.9 Å². The van der Waals surface area contributed by atoms with Crippen LogP contribution in [0.15, 0.2) is 30.3 Å². The van der Waals surface area contributed by atoms with Gasteiger partial charge in [0.2, 0.25) is 8.32 Å². The van der Waals surface area contributed by atoms with E-state index < -0.39 is 14.3 Å². The van der Waals surface area contributed by atoms with Crippen molar-refractivity contribution >= 4 is 14.3 Å². The molecule has 0 fully saturated rings. The lowest BCUT2D eigenvalue weighted by Crippen LogP contribution is -2.50. The van der Waals surface area contributed by atoms with E-state index >= 15 is 0 Å². The van der Waals surface area contributed by atoms with E-state index in [2.05, 4.69) is 65.8 Å². The number of rotatable bonds is 12. The number of aliphatic carboxylic acids is 1. The number of carboxylic acid groups (broad SMARTS) is 1. The van der Waals surface area contributed by atoms with E-state index in [9.17, 15) is 4.79 Å². The number of benzene rings is 1. The molecule has 0 saturated carbocycles. The Balaban J connectivity index is 2.84. The highest BCUT2D eigenvalue weighted by Gasteiger charge is 2.46. The van der Waals surface area contributed by atoms with Crippen molar-refractivity contribution in [1.82, 2.24) is 0 Å². The lowest BCUT2D eigenvalue weighted by molar-refractivity contribution is -0.137. The maximum Gasteiger partial charge on any atom is 0.303 e. The predicted molar refractivity (Wildman–Crippen MR) is 112 cm³/mol. The molecule has 0 amide bonds. The van der Waals surface area contributed by atoms with Crippen LogP contribution in [0.3, 0.4) is 0 Å². The summed E-state index contributed by atoms with van der Waals surface area (Å²) in [6.07, 6.45) is 3.84. The standard InChI is InChI=1S/C22H38O3Si/c1-17(2)26(18(3)4,19(5)6)25-21(15-16-22(23)24)14-10-13-20-11-8-7-9-12-20/h7-9,11-12,17-19,21H,10,13-16H2,1-6H3,(H,23,24). The number of hydrogen-bond acceptors (Lipinski definition) is 2. The second-order valence-corrected chi connectivity index (χ2v) is 13.8. The fourth-order valence-corrected chi connectivity index (χ4v) is 10.1. The molecule has 0 bridgehead atoms. The summed E-state index contributed by atoms with van der Waals surface area (Å²) in [6.45, 7) is 13.7. The Morgan fingerprint density at radius 2 is 1.50 bits per heavy atom. The van der Waals surface area contributed by atoms with Gasteiger partial charge in [-0.25, -0.2) is 0 Å². The predicted octanol–water partition coefficient (Wildman–Crippen LogP) is 6.43. The van der Waals surface area contributed by atoms with Gasteiger partial charge in [0.25, 0.3) is 0 Å². The summed E-state index contributed by atoms with van der Waals surface area (Å²) in [5, 5.41) is 9.15. The lowest BCUT2D eigenvalue weighted by atomic mass is 10.0. The third kappa shape index (κ3) is 6.55. The van der Waals surface area contributed by atoms with Crippen molar-refractivity contribution in [3.63, 3.8) is 0 Å². The van der Waals surface area contributed by atoms with E-state index in [4.69, 9.17) is 9.53 Å². The summed E-state index contributed by atoms with van der Waals surface area (Å²) in [6, 6.07) is 10.5. The van der Waals surface area contributed by atoms with E-state index in [1.807, 2.05) is 6.07 Å². The first-order valence-corrected chi connectivity index (χ1v) is 12.3. The van der Waals surface area contributed by atoms with Crippen molar-refractivity contribution in [2.45, 2.75) is 96.4 Å². The molecular formula is C22H38O3Si. The molecule has 1 aromatic carbocycles. The van der Waals surface area contributed by atoms with E-state index in [1.165, 1.54) is 5.56 Å². The molecule has 1 atom stereocenters. The fraction of sp³-hybridized carbons (Fsp3) is 0.682. The minimum atomic E-state index is -1.98. The van der Waals surface area contributed by atoms with Crippen LogP contribution >= 0.6 is 0 Å². The Bertz CT molecular complexity index is 504. The summed E-state index contributed by atoms with van der Waals surface area (Å²) in [5.41, 5.74) is 2.89. The highest BCUT2D eigenvalue weighted by Crippen LogP contribution is 2.43. The van der Waals surface area contributed by atoms with Crippen LogP contribution in [-0.4, -0.2) is 25.5 Å².